The number of rotatable bonds is 1. The molecule has 0 atom stereocenters. The third-order valence-corrected chi connectivity index (χ3v) is 0.257. The van der Waals surface area contributed by atoms with Crippen molar-refractivity contribution >= 4 is 36.4 Å². The molecular formula is C2H3Cl2NO2. The van der Waals surface area contributed by atoms with Crippen LogP contribution in [0.1, 0.15) is 0 Å². The van der Waals surface area contributed by atoms with Gasteiger partial charge >= 0.3 is 5.97 Å². The van der Waals surface area contributed by atoms with Crippen molar-refractivity contribution in [3.05, 3.63) is 0 Å². The van der Waals surface area contributed by atoms with Gasteiger partial charge in [0.25, 0.3) is 0 Å². The Morgan fingerprint density at radius 2 is 2.29 bits per heavy atom. The lowest BCUT2D eigenvalue weighted by molar-refractivity contribution is -0.128. The van der Waals surface area contributed by atoms with Gasteiger partial charge in [0.2, 0.25) is 0 Å². The van der Waals surface area contributed by atoms with E-state index >= 15 is 0 Å². The number of halogens is 2. The molecule has 0 aromatic heterocycles. The molecule has 0 radical (unpaired) electrons. The number of carbonyl (C=O) groups is 1. The molecule has 0 heterocycles. The summed E-state index contributed by atoms with van der Waals surface area (Å²) < 4.78 is 2.68. The van der Waals surface area contributed by atoms with E-state index in [-0.39, 0.29) is 12.4 Å². The van der Waals surface area contributed by atoms with E-state index in [2.05, 4.69) is 16.3 Å². The van der Waals surface area contributed by atoms with Gasteiger partial charge in [-0.2, -0.15) is 4.51 Å². The second-order valence-corrected chi connectivity index (χ2v) is 0.760. The molecule has 0 saturated heterocycles. The highest BCUT2D eigenvalue weighted by Crippen LogP contribution is 1.67. The molecule has 0 aromatic carbocycles. The zero-order chi connectivity index (χ0) is 4.99. The molecule has 0 spiro atoms. The summed E-state index contributed by atoms with van der Waals surface area (Å²) >= 11 is 4.59. The van der Waals surface area contributed by atoms with Gasteiger partial charge in [0.1, 0.15) is 6.21 Å². The molecule has 0 saturated carbocycles. The lowest BCUT2D eigenvalue weighted by atomic mass is 10.8. The molecular weight excluding hydrogens is 141 g/mol. The van der Waals surface area contributed by atoms with E-state index in [1.54, 1.807) is 0 Å². The smallest absolute Gasteiger partial charge is 0.348 e. The molecule has 5 heteroatoms. The number of carboxylic acid groups (broad SMARTS) is 1. The van der Waals surface area contributed by atoms with Crippen molar-refractivity contribution in [3.63, 3.8) is 0 Å². The Hall–Kier alpha value is -0.280. The molecule has 0 aromatic rings. The maximum atomic E-state index is 9.37. The molecule has 0 aliphatic carbocycles. The maximum Gasteiger partial charge on any atom is 0.348 e. The van der Waals surface area contributed by atoms with Crippen LogP contribution in [-0.4, -0.2) is 17.3 Å². The van der Waals surface area contributed by atoms with Crippen LogP contribution in [0.3, 0.4) is 0 Å². The van der Waals surface area contributed by atoms with Crippen LogP contribution in [0.2, 0.25) is 0 Å². The Bertz CT molecular complexity index is 81.8. The van der Waals surface area contributed by atoms with Crippen LogP contribution in [0.5, 0.6) is 0 Å². The fourth-order valence-electron chi connectivity index (χ4n) is 0.0417. The van der Waals surface area contributed by atoms with E-state index in [1.165, 1.54) is 0 Å². The van der Waals surface area contributed by atoms with Gasteiger partial charge in [-0.1, -0.05) is 0 Å². The second-order valence-electron chi connectivity index (χ2n) is 0.565. The molecule has 7 heavy (non-hydrogen) atoms. The molecule has 0 unspecified atom stereocenters. The topological polar surface area (TPSA) is 49.7 Å². The van der Waals surface area contributed by atoms with Crippen molar-refractivity contribution in [2.75, 3.05) is 0 Å². The van der Waals surface area contributed by atoms with Crippen LogP contribution in [0, 0.1) is 0 Å². The number of hydrogen-bond donors (Lipinski definition) is 1. The standard InChI is InChI=1S/C2H2ClNO2.ClH/c3-4-1-2(5)6;/h1H,(H,5,6);1H/b4-1+;. The summed E-state index contributed by atoms with van der Waals surface area (Å²) in [5.41, 5.74) is 0. The third kappa shape index (κ3) is 10.7. The lowest BCUT2D eigenvalue weighted by Crippen LogP contribution is -1.92. The molecule has 0 fully saturated rings. The largest absolute Gasteiger partial charge is 0.477 e. The third-order valence-electron chi connectivity index (χ3n) is 0.159. The van der Waals surface area contributed by atoms with E-state index in [0.717, 1.165) is 0 Å². The Morgan fingerprint density at radius 1 is 1.86 bits per heavy atom. The quantitative estimate of drug-likeness (QED) is 0.551. The minimum Gasteiger partial charge on any atom is -0.477 e. The average Bonchev–Trinajstić information content (AvgIpc) is 1.35. The number of nitrogens with zero attached hydrogens (tertiary/aromatic N) is 1. The van der Waals surface area contributed by atoms with E-state index in [0.29, 0.717) is 6.21 Å². The summed E-state index contributed by atoms with van der Waals surface area (Å²) in [5.74, 6) is -1.13. The van der Waals surface area contributed by atoms with Crippen molar-refractivity contribution in [2.45, 2.75) is 0 Å². The fourth-order valence-corrected chi connectivity index (χ4v) is 0.125. The van der Waals surface area contributed by atoms with E-state index in [9.17, 15) is 4.79 Å². The summed E-state index contributed by atoms with van der Waals surface area (Å²) in [6, 6.07) is 0. The normalized spacial score (nSPS) is 8.14. The highest BCUT2D eigenvalue weighted by atomic mass is 35.5. The summed E-state index contributed by atoms with van der Waals surface area (Å²) in [5, 5.41) is 7.68. The van der Waals surface area contributed by atoms with E-state index < -0.39 is 5.97 Å². The minimum absolute atomic E-state index is 0. The summed E-state index contributed by atoms with van der Waals surface area (Å²) in [6.45, 7) is 0. The van der Waals surface area contributed by atoms with Crippen LogP contribution in [0.25, 0.3) is 0 Å². The molecule has 0 bridgehead atoms. The molecule has 0 aliphatic rings. The van der Waals surface area contributed by atoms with Gasteiger partial charge in [0.15, 0.2) is 0 Å². The van der Waals surface area contributed by atoms with Crippen molar-refractivity contribution < 1.29 is 9.90 Å². The zero-order valence-electron chi connectivity index (χ0n) is 3.17. The monoisotopic (exact) mass is 143 g/mol. The first kappa shape index (κ1) is 9.87. The Labute approximate surface area is 51.5 Å². The highest BCUT2D eigenvalue weighted by molar-refractivity contribution is 6.30. The van der Waals surface area contributed by atoms with Crippen LogP contribution in [-0.2, 0) is 4.79 Å². The van der Waals surface area contributed by atoms with E-state index in [4.69, 9.17) is 5.11 Å². The lowest BCUT2D eigenvalue weighted by Gasteiger charge is -1.66. The van der Waals surface area contributed by atoms with Crippen molar-refractivity contribution in [3.8, 4) is 0 Å². The van der Waals surface area contributed by atoms with Crippen molar-refractivity contribution in [2.24, 2.45) is 4.51 Å². The summed E-state index contributed by atoms with van der Waals surface area (Å²) in [7, 11) is 0. The molecule has 0 aliphatic heterocycles. The number of carboxylic acids is 1. The van der Waals surface area contributed by atoms with Gasteiger partial charge < -0.3 is 5.11 Å². The molecule has 1 N–H and O–H groups in total. The van der Waals surface area contributed by atoms with Gasteiger partial charge in [-0.05, 0) is 0 Å². The van der Waals surface area contributed by atoms with Gasteiger partial charge in [-0.15, -0.1) is 12.4 Å². The molecule has 42 valence electrons. The maximum absolute atomic E-state index is 9.37. The second kappa shape index (κ2) is 5.72. The average molecular weight is 144 g/mol. The minimum atomic E-state index is -1.13. The van der Waals surface area contributed by atoms with Gasteiger partial charge in [-0.3, -0.25) is 0 Å². The predicted octanol–water partition coefficient (Wildman–Crippen LogP) is 0.717. The number of aliphatic carboxylic acids is 1. The zero-order valence-corrected chi connectivity index (χ0v) is 4.74. The van der Waals surface area contributed by atoms with Crippen LogP contribution in [0.4, 0.5) is 0 Å². The summed E-state index contributed by atoms with van der Waals surface area (Å²) in [4.78, 5) is 9.37. The van der Waals surface area contributed by atoms with Crippen molar-refractivity contribution in [1.82, 2.24) is 0 Å². The first-order valence-electron chi connectivity index (χ1n) is 1.14. The SMILES string of the molecule is Cl.O=C(O)/C=N/Cl. The fraction of sp³-hybridized carbons (Fsp3) is 0. The molecule has 0 rings (SSSR count). The highest BCUT2D eigenvalue weighted by Gasteiger charge is 1.80. The van der Waals surface area contributed by atoms with Crippen LogP contribution >= 0.6 is 24.2 Å². The Morgan fingerprint density at radius 3 is 2.29 bits per heavy atom. The van der Waals surface area contributed by atoms with Gasteiger partial charge in [0, 0.05) is 11.8 Å². The first-order valence-corrected chi connectivity index (χ1v) is 1.48. The van der Waals surface area contributed by atoms with Crippen molar-refractivity contribution in [1.29, 1.82) is 0 Å². The first-order chi connectivity index (χ1) is 2.77. The van der Waals surface area contributed by atoms with Crippen LogP contribution in [0.15, 0.2) is 4.51 Å². The van der Waals surface area contributed by atoms with E-state index in [1.807, 2.05) is 0 Å². The predicted molar refractivity (Wildman–Crippen MR) is 29.2 cm³/mol. The van der Waals surface area contributed by atoms with Gasteiger partial charge in [-0.25, -0.2) is 4.79 Å². The molecule has 3 nitrogen and oxygen atoms in total. The molecule has 0 amide bonds. The Balaban J connectivity index is 0. The summed E-state index contributed by atoms with van der Waals surface area (Å²) in [6.07, 6.45) is 0.599. The van der Waals surface area contributed by atoms with Crippen LogP contribution < -0.4 is 0 Å². The number of hydrogen-bond acceptors (Lipinski definition) is 2. The van der Waals surface area contributed by atoms with Gasteiger partial charge in [0.05, 0.1) is 0 Å². The Kier molecular flexibility index (Phi) is 8.06.